The van der Waals surface area contributed by atoms with Gasteiger partial charge >= 0.3 is 6.03 Å². The Hall–Kier alpha value is -4.24. The molecule has 0 radical (unpaired) electrons. The number of urea groups is 1. The third-order valence-corrected chi connectivity index (χ3v) is 7.84. The van der Waals surface area contributed by atoms with E-state index in [-0.39, 0.29) is 24.5 Å². The van der Waals surface area contributed by atoms with E-state index in [9.17, 15) is 9.59 Å². The highest BCUT2D eigenvalue weighted by Crippen LogP contribution is 2.45. The van der Waals surface area contributed by atoms with E-state index in [1.165, 1.54) is 0 Å². The fourth-order valence-corrected chi connectivity index (χ4v) is 5.74. The van der Waals surface area contributed by atoms with Crippen molar-refractivity contribution in [1.29, 1.82) is 0 Å². The first-order valence-corrected chi connectivity index (χ1v) is 13.9. The van der Waals surface area contributed by atoms with Crippen molar-refractivity contribution in [1.82, 2.24) is 9.47 Å². The molecule has 40 heavy (non-hydrogen) atoms. The molecule has 8 nitrogen and oxygen atoms in total. The van der Waals surface area contributed by atoms with Gasteiger partial charge in [0.25, 0.3) is 0 Å². The first-order chi connectivity index (χ1) is 19.5. The number of hydrogen-bond acceptors (Lipinski definition) is 4. The summed E-state index contributed by atoms with van der Waals surface area (Å²) in [5.41, 5.74) is 4.02. The predicted octanol–water partition coefficient (Wildman–Crippen LogP) is 6.39. The molecular formula is C31H29BrN4O4. The van der Waals surface area contributed by atoms with Gasteiger partial charge in [-0.2, -0.15) is 0 Å². The molecule has 0 unspecified atom stereocenters. The Bertz CT molecular complexity index is 1580. The zero-order valence-corrected chi connectivity index (χ0v) is 23.8. The molecule has 1 aliphatic carbocycles. The summed E-state index contributed by atoms with van der Waals surface area (Å²) in [6, 6.07) is 24.1. The molecule has 1 atom stereocenters. The number of rotatable bonds is 7. The van der Waals surface area contributed by atoms with Crippen molar-refractivity contribution in [2.45, 2.75) is 24.9 Å². The van der Waals surface area contributed by atoms with Crippen molar-refractivity contribution in [3.63, 3.8) is 0 Å². The number of ether oxygens (including phenoxy) is 2. The average molecular weight is 602 g/mol. The van der Waals surface area contributed by atoms with Crippen LogP contribution in [0.1, 0.15) is 30.1 Å². The lowest BCUT2D eigenvalue weighted by molar-refractivity contribution is -0.119. The molecule has 1 aliphatic heterocycles. The van der Waals surface area contributed by atoms with Gasteiger partial charge in [0.15, 0.2) is 0 Å². The van der Waals surface area contributed by atoms with Crippen molar-refractivity contribution in [3.05, 3.63) is 101 Å². The molecule has 1 N–H and O–H groups in total. The summed E-state index contributed by atoms with van der Waals surface area (Å²) >= 11 is 3.45. The molecule has 1 fully saturated rings. The number of carbonyl (C=O) groups is 2. The lowest BCUT2D eigenvalue weighted by atomic mass is 9.96. The summed E-state index contributed by atoms with van der Waals surface area (Å²) in [5, 5.41) is 2.96. The number of para-hydroxylation sites is 2. The average Bonchev–Trinajstić information content (AvgIpc) is 3.69. The smallest absolute Gasteiger partial charge is 0.322 e. The zero-order chi connectivity index (χ0) is 27.8. The van der Waals surface area contributed by atoms with Gasteiger partial charge in [0.1, 0.15) is 24.1 Å². The van der Waals surface area contributed by atoms with Gasteiger partial charge in [-0.25, -0.2) is 4.79 Å². The van der Waals surface area contributed by atoms with Crippen LogP contribution in [0.2, 0.25) is 0 Å². The van der Waals surface area contributed by atoms with Crippen molar-refractivity contribution >= 4 is 39.2 Å². The highest BCUT2D eigenvalue weighted by atomic mass is 79.9. The van der Waals surface area contributed by atoms with Crippen LogP contribution in [0.5, 0.6) is 11.5 Å². The summed E-state index contributed by atoms with van der Waals surface area (Å²) in [7, 11) is 3.24. The number of halogens is 1. The van der Waals surface area contributed by atoms with Crippen LogP contribution in [-0.2, 0) is 4.79 Å². The molecule has 2 heterocycles. The quantitative estimate of drug-likeness (QED) is 0.267. The lowest BCUT2D eigenvalue weighted by Crippen LogP contribution is -2.48. The van der Waals surface area contributed by atoms with Crippen molar-refractivity contribution in [3.8, 4) is 17.2 Å². The number of nitrogens with one attached hydrogen (secondary N) is 1. The van der Waals surface area contributed by atoms with Crippen molar-refractivity contribution in [2.75, 3.05) is 31.0 Å². The molecule has 9 heteroatoms. The Balaban J connectivity index is 1.40. The number of nitrogens with zero attached hydrogens (tertiary/aromatic N) is 3. The number of fused-ring (bicyclic) bond motifs is 3. The van der Waals surface area contributed by atoms with Gasteiger partial charge in [-0.3, -0.25) is 9.69 Å². The van der Waals surface area contributed by atoms with Crippen LogP contribution in [0.15, 0.2) is 89.5 Å². The third-order valence-electron chi connectivity index (χ3n) is 7.35. The molecule has 4 aromatic rings. The maximum Gasteiger partial charge on any atom is 0.322 e. The largest absolute Gasteiger partial charge is 0.497 e. The Labute approximate surface area is 241 Å². The topological polar surface area (TPSA) is 76.0 Å². The molecule has 1 aromatic heterocycles. The molecule has 6 rings (SSSR count). The minimum Gasteiger partial charge on any atom is -0.497 e. The third kappa shape index (κ3) is 4.81. The Morgan fingerprint density at radius 3 is 2.48 bits per heavy atom. The standard InChI is InChI=1S/C31H29BrN4O4/c1-39-23-14-15-28(40-2)24(18-23)30-27-11-6-16-34(27)25-9-3-4-10-26(25)36(30)29(37)19-35(22-12-13-22)31(38)33-21-8-5-7-20(32)17-21/h3-11,14-18,22,30H,12-13,19H2,1-2H3,(H,33,38)/t30-/m0/s1. The van der Waals surface area contributed by atoms with Gasteiger partial charge in [0.05, 0.1) is 31.3 Å². The highest BCUT2D eigenvalue weighted by Gasteiger charge is 2.41. The molecule has 3 aromatic carbocycles. The second-order valence-electron chi connectivity index (χ2n) is 9.87. The monoisotopic (exact) mass is 600 g/mol. The van der Waals surface area contributed by atoms with E-state index in [1.807, 2.05) is 85.1 Å². The molecule has 2 aliphatic rings. The lowest BCUT2D eigenvalue weighted by Gasteiger charge is -2.40. The summed E-state index contributed by atoms with van der Waals surface area (Å²) in [6.45, 7) is -0.0671. The minimum atomic E-state index is -0.503. The number of carbonyl (C=O) groups excluding carboxylic acids is 2. The SMILES string of the molecule is COc1ccc(OC)c([C@H]2c3cccn3-c3ccccc3N2C(=O)CN(C(=O)Nc2cccc(Br)c2)C2CC2)c1. The molecule has 1 saturated carbocycles. The van der Waals surface area contributed by atoms with Gasteiger partial charge < -0.3 is 24.3 Å². The molecule has 0 spiro atoms. The van der Waals surface area contributed by atoms with Crippen LogP contribution in [0, 0.1) is 0 Å². The molecular weight excluding hydrogens is 572 g/mol. The summed E-state index contributed by atoms with van der Waals surface area (Å²) < 4.78 is 14.3. The number of amides is 3. The van der Waals surface area contributed by atoms with E-state index in [1.54, 1.807) is 24.0 Å². The van der Waals surface area contributed by atoms with Crippen LogP contribution in [0.3, 0.4) is 0 Å². The number of methoxy groups -OCH3 is 2. The second-order valence-corrected chi connectivity index (χ2v) is 10.8. The van der Waals surface area contributed by atoms with E-state index in [2.05, 4.69) is 25.8 Å². The van der Waals surface area contributed by atoms with Crippen molar-refractivity contribution < 1.29 is 19.1 Å². The predicted molar refractivity (Wildman–Crippen MR) is 158 cm³/mol. The van der Waals surface area contributed by atoms with Gasteiger partial charge in [0, 0.05) is 28.0 Å². The van der Waals surface area contributed by atoms with Gasteiger partial charge in [0.2, 0.25) is 5.91 Å². The molecule has 0 bridgehead atoms. The second kappa shape index (κ2) is 10.7. The van der Waals surface area contributed by atoms with Crippen LogP contribution in [0.25, 0.3) is 5.69 Å². The first-order valence-electron chi connectivity index (χ1n) is 13.1. The van der Waals surface area contributed by atoms with E-state index in [4.69, 9.17) is 9.47 Å². The molecule has 3 amide bonds. The Morgan fingerprint density at radius 2 is 1.75 bits per heavy atom. The fourth-order valence-electron chi connectivity index (χ4n) is 5.35. The maximum atomic E-state index is 14.4. The first kappa shape index (κ1) is 26.0. The van der Waals surface area contributed by atoms with E-state index < -0.39 is 6.04 Å². The highest BCUT2D eigenvalue weighted by molar-refractivity contribution is 9.10. The summed E-state index contributed by atoms with van der Waals surface area (Å²) in [6.07, 6.45) is 3.73. The number of anilines is 2. The van der Waals surface area contributed by atoms with Gasteiger partial charge in [-0.1, -0.05) is 34.1 Å². The van der Waals surface area contributed by atoms with Gasteiger partial charge in [-0.05, 0) is 73.5 Å². The molecule has 204 valence electrons. The number of aromatic nitrogens is 1. The van der Waals surface area contributed by atoms with E-state index in [0.717, 1.165) is 39.9 Å². The number of benzene rings is 3. The van der Waals surface area contributed by atoms with Crippen LogP contribution < -0.4 is 19.7 Å². The number of hydrogen-bond donors (Lipinski definition) is 1. The van der Waals surface area contributed by atoms with Crippen LogP contribution >= 0.6 is 15.9 Å². The summed E-state index contributed by atoms with van der Waals surface area (Å²) in [5.74, 6) is 1.11. The van der Waals surface area contributed by atoms with Crippen molar-refractivity contribution in [2.24, 2.45) is 0 Å². The minimum absolute atomic E-state index is 0.0183. The summed E-state index contributed by atoms with van der Waals surface area (Å²) in [4.78, 5) is 31.3. The Kier molecular flexibility index (Phi) is 6.98. The fraction of sp³-hybridized carbons (Fsp3) is 0.226. The Morgan fingerprint density at radius 1 is 0.950 bits per heavy atom. The maximum absolute atomic E-state index is 14.4. The zero-order valence-electron chi connectivity index (χ0n) is 22.2. The molecule has 0 saturated heterocycles. The van der Waals surface area contributed by atoms with Crippen LogP contribution in [-0.4, -0.2) is 48.2 Å². The normalized spacial score (nSPS) is 15.6. The van der Waals surface area contributed by atoms with E-state index in [0.29, 0.717) is 17.2 Å². The van der Waals surface area contributed by atoms with Gasteiger partial charge in [-0.15, -0.1) is 0 Å². The van der Waals surface area contributed by atoms with E-state index >= 15 is 0 Å². The van der Waals surface area contributed by atoms with Crippen LogP contribution in [0.4, 0.5) is 16.2 Å².